The van der Waals surface area contributed by atoms with E-state index < -0.39 is 17.9 Å². The molecular formula is C26H29N5O3. The van der Waals surface area contributed by atoms with Crippen LogP contribution in [0.3, 0.4) is 0 Å². The van der Waals surface area contributed by atoms with Crippen molar-refractivity contribution in [1.29, 1.82) is 0 Å². The van der Waals surface area contributed by atoms with Gasteiger partial charge in [0.25, 0.3) is 11.8 Å². The molecule has 3 aromatic rings. The molecule has 6 N–H and O–H groups in total. The summed E-state index contributed by atoms with van der Waals surface area (Å²) in [6, 6.07) is 16.8. The third-order valence-electron chi connectivity index (χ3n) is 5.88. The van der Waals surface area contributed by atoms with Crippen LogP contribution in [0.1, 0.15) is 30.4 Å². The second kappa shape index (κ2) is 10.8. The van der Waals surface area contributed by atoms with Gasteiger partial charge >= 0.3 is 0 Å². The van der Waals surface area contributed by atoms with Crippen molar-refractivity contribution in [2.75, 3.05) is 13.1 Å². The Labute approximate surface area is 198 Å². The Kier molecular flexibility index (Phi) is 7.39. The maximum absolute atomic E-state index is 12.5. The van der Waals surface area contributed by atoms with Crippen LogP contribution < -0.4 is 21.7 Å². The van der Waals surface area contributed by atoms with Gasteiger partial charge in [0.15, 0.2) is 0 Å². The second-order valence-corrected chi connectivity index (χ2v) is 8.36. The molecule has 176 valence electrons. The molecule has 2 aromatic carbocycles. The number of hydrogen-bond acceptors (Lipinski definition) is 5. The highest BCUT2D eigenvalue weighted by Gasteiger charge is 2.32. The van der Waals surface area contributed by atoms with Gasteiger partial charge in [0, 0.05) is 35.8 Å². The lowest BCUT2D eigenvalue weighted by Gasteiger charge is -2.12. The zero-order valence-electron chi connectivity index (χ0n) is 18.9. The van der Waals surface area contributed by atoms with Crippen LogP contribution in [0.15, 0.2) is 66.5 Å². The molecule has 0 spiro atoms. The summed E-state index contributed by atoms with van der Waals surface area (Å²) in [6.45, 7) is 1.09. The lowest BCUT2D eigenvalue weighted by Crippen LogP contribution is -2.42. The molecule has 1 aliphatic rings. The van der Waals surface area contributed by atoms with Gasteiger partial charge in [-0.3, -0.25) is 19.7 Å². The number of hydrogen-bond donors (Lipinski definition) is 5. The number of carbonyl (C=O) groups is 3. The van der Waals surface area contributed by atoms with E-state index in [1.54, 1.807) is 6.20 Å². The highest BCUT2D eigenvalue weighted by molar-refractivity contribution is 6.37. The Bertz CT molecular complexity index is 1220. The standard InChI is InChI=1S/C26H29N5O3/c27-20(15-17-9-3-1-4-10-17)24(32)29-14-8-2-7-13-28-23-22(25(33)31-26(23)34)19-16-30-21-12-6-5-11-18(19)21/h1,3-6,9-12,16,20,30H,2,7-8,13-15,27H2,(H,29,32)(H2,28,31,33,34). The summed E-state index contributed by atoms with van der Waals surface area (Å²) >= 11 is 0. The number of nitrogens with one attached hydrogen (secondary N) is 4. The van der Waals surface area contributed by atoms with Crippen LogP contribution in [-0.2, 0) is 20.8 Å². The molecule has 0 saturated carbocycles. The van der Waals surface area contributed by atoms with Gasteiger partial charge in [-0.05, 0) is 37.3 Å². The summed E-state index contributed by atoms with van der Waals surface area (Å²) in [6.07, 6.45) is 4.70. The van der Waals surface area contributed by atoms with E-state index in [4.69, 9.17) is 5.73 Å². The van der Waals surface area contributed by atoms with Crippen LogP contribution in [0.2, 0.25) is 0 Å². The molecule has 8 nitrogen and oxygen atoms in total. The topological polar surface area (TPSA) is 129 Å². The molecule has 1 unspecified atom stereocenters. The average Bonchev–Trinajstić information content (AvgIpc) is 3.38. The minimum Gasteiger partial charge on any atom is -0.380 e. The minimum atomic E-state index is -0.572. The molecule has 0 radical (unpaired) electrons. The number of benzene rings is 2. The van der Waals surface area contributed by atoms with Gasteiger partial charge in [0.1, 0.15) is 5.70 Å². The number of amides is 3. The van der Waals surface area contributed by atoms with Crippen molar-refractivity contribution in [3.8, 4) is 0 Å². The molecule has 0 aliphatic carbocycles. The van der Waals surface area contributed by atoms with E-state index in [9.17, 15) is 14.4 Å². The number of nitrogens with two attached hydrogens (primary N) is 1. The summed E-state index contributed by atoms with van der Waals surface area (Å²) in [7, 11) is 0. The summed E-state index contributed by atoms with van der Waals surface area (Å²) in [5.41, 5.74) is 9.31. The molecule has 34 heavy (non-hydrogen) atoms. The van der Waals surface area contributed by atoms with Crippen molar-refractivity contribution < 1.29 is 14.4 Å². The zero-order chi connectivity index (χ0) is 23.9. The van der Waals surface area contributed by atoms with Crippen molar-refractivity contribution >= 4 is 34.2 Å². The number of unbranched alkanes of at least 4 members (excludes halogenated alkanes) is 2. The molecular weight excluding hydrogens is 430 g/mol. The van der Waals surface area contributed by atoms with Crippen LogP contribution in [-0.4, -0.2) is 41.8 Å². The number of H-pyrrole nitrogens is 1. The summed E-state index contributed by atoms with van der Waals surface area (Å²) < 4.78 is 0. The van der Waals surface area contributed by atoms with Crippen molar-refractivity contribution in [2.24, 2.45) is 5.73 Å². The first-order chi connectivity index (χ1) is 16.5. The molecule has 0 saturated heterocycles. The van der Waals surface area contributed by atoms with E-state index in [-0.39, 0.29) is 5.91 Å². The van der Waals surface area contributed by atoms with Gasteiger partial charge in [-0.2, -0.15) is 0 Å². The monoisotopic (exact) mass is 459 g/mol. The fourth-order valence-electron chi connectivity index (χ4n) is 4.10. The number of imide groups is 1. The Balaban J connectivity index is 1.23. The largest absolute Gasteiger partial charge is 0.380 e. The second-order valence-electron chi connectivity index (χ2n) is 8.36. The Morgan fingerprint density at radius 1 is 0.912 bits per heavy atom. The van der Waals surface area contributed by atoms with Crippen molar-refractivity contribution in [1.82, 2.24) is 20.9 Å². The fraction of sp³-hybridized carbons (Fsp3) is 0.269. The number of para-hydroxylation sites is 1. The van der Waals surface area contributed by atoms with Crippen molar-refractivity contribution in [2.45, 2.75) is 31.7 Å². The van der Waals surface area contributed by atoms with E-state index in [2.05, 4.69) is 20.9 Å². The van der Waals surface area contributed by atoms with Crippen LogP contribution in [0, 0.1) is 0 Å². The SMILES string of the molecule is NC(Cc1ccccc1)C(=O)NCCCCCNC1=C(c2c[nH]c3ccccc23)C(=O)NC1=O. The number of rotatable bonds is 11. The smallest absolute Gasteiger partial charge is 0.275 e. The normalized spacial score (nSPS) is 14.4. The Morgan fingerprint density at radius 2 is 1.65 bits per heavy atom. The first-order valence-corrected chi connectivity index (χ1v) is 11.5. The molecule has 1 aromatic heterocycles. The van der Waals surface area contributed by atoms with Crippen LogP contribution in [0.5, 0.6) is 0 Å². The first kappa shape index (κ1) is 23.3. The van der Waals surface area contributed by atoms with Crippen molar-refractivity contribution in [3.63, 3.8) is 0 Å². The number of aromatic amines is 1. The van der Waals surface area contributed by atoms with Crippen LogP contribution >= 0.6 is 0 Å². The van der Waals surface area contributed by atoms with E-state index in [1.807, 2.05) is 54.6 Å². The summed E-state index contributed by atoms with van der Waals surface area (Å²) in [5.74, 6) is -0.964. The van der Waals surface area contributed by atoms with Crippen LogP contribution in [0.25, 0.3) is 16.5 Å². The van der Waals surface area contributed by atoms with Gasteiger partial charge in [-0.15, -0.1) is 0 Å². The number of carbonyl (C=O) groups excluding carboxylic acids is 3. The molecule has 0 fully saturated rings. The maximum Gasteiger partial charge on any atom is 0.275 e. The summed E-state index contributed by atoms with van der Waals surface area (Å²) in [5, 5.41) is 9.30. The van der Waals surface area contributed by atoms with E-state index in [0.29, 0.717) is 36.3 Å². The minimum absolute atomic E-state index is 0.156. The maximum atomic E-state index is 12.5. The van der Waals surface area contributed by atoms with E-state index in [1.165, 1.54) is 0 Å². The lowest BCUT2D eigenvalue weighted by atomic mass is 10.0. The molecule has 1 atom stereocenters. The van der Waals surface area contributed by atoms with Gasteiger partial charge in [0.2, 0.25) is 5.91 Å². The molecule has 3 amide bonds. The fourth-order valence-corrected chi connectivity index (χ4v) is 4.10. The highest BCUT2D eigenvalue weighted by atomic mass is 16.2. The highest BCUT2D eigenvalue weighted by Crippen LogP contribution is 2.29. The number of aromatic nitrogens is 1. The molecule has 0 bridgehead atoms. The van der Waals surface area contributed by atoms with Gasteiger partial charge < -0.3 is 21.4 Å². The van der Waals surface area contributed by atoms with E-state index in [0.717, 1.165) is 35.7 Å². The predicted molar refractivity (Wildman–Crippen MR) is 131 cm³/mol. The number of fused-ring (bicyclic) bond motifs is 1. The molecule has 2 heterocycles. The average molecular weight is 460 g/mol. The van der Waals surface area contributed by atoms with Gasteiger partial charge in [-0.25, -0.2) is 0 Å². The van der Waals surface area contributed by atoms with Gasteiger partial charge in [0.05, 0.1) is 11.6 Å². The lowest BCUT2D eigenvalue weighted by molar-refractivity contribution is -0.124. The van der Waals surface area contributed by atoms with E-state index >= 15 is 0 Å². The molecule has 1 aliphatic heterocycles. The zero-order valence-corrected chi connectivity index (χ0v) is 18.9. The molecule has 8 heteroatoms. The van der Waals surface area contributed by atoms with Crippen molar-refractivity contribution in [3.05, 3.63) is 77.6 Å². The summed E-state index contributed by atoms with van der Waals surface area (Å²) in [4.78, 5) is 40.1. The molecule has 4 rings (SSSR count). The quantitative estimate of drug-likeness (QED) is 0.221. The predicted octanol–water partition coefficient (Wildman–Crippen LogP) is 1.98. The Hall–Kier alpha value is -3.91. The van der Waals surface area contributed by atoms with Crippen LogP contribution in [0.4, 0.5) is 0 Å². The first-order valence-electron chi connectivity index (χ1n) is 11.5. The third-order valence-corrected chi connectivity index (χ3v) is 5.88. The third kappa shape index (κ3) is 5.35. The Morgan fingerprint density at radius 3 is 2.47 bits per heavy atom. The van der Waals surface area contributed by atoms with Gasteiger partial charge in [-0.1, -0.05) is 48.5 Å².